The van der Waals surface area contributed by atoms with Crippen molar-refractivity contribution in [2.45, 2.75) is 45.1 Å². The van der Waals surface area contributed by atoms with Crippen LogP contribution in [0.3, 0.4) is 0 Å². The summed E-state index contributed by atoms with van der Waals surface area (Å²) >= 11 is 1.36. The Labute approximate surface area is 123 Å². The number of carbonyl (C=O) groups is 1. The van der Waals surface area contributed by atoms with Gasteiger partial charge in [-0.15, -0.1) is 0 Å². The normalized spacial score (nSPS) is 22.2. The summed E-state index contributed by atoms with van der Waals surface area (Å²) in [5.74, 6) is 1.07. The zero-order valence-corrected chi connectivity index (χ0v) is 12.7. The minimum absolute atomic E-state index is 0.0484. The lowest BCUT2D eigenvalue weighted by atomic mass is 10.0. The summed E-state index contributed by atoms with van der Waals surface area (Å²) < 4.78 is 4.20. The number of aromatic nitrogens is 1. The predicted molar refractivity (Wildman–Crippen MR) is 82.2 cm³/mol. The van der Waals surface area contributed by atoms with Crippen molar-refractivity contribution in [3.05, 3.63) is 5.56 Å². The van der Waals surface area contributed by atoms with Crippen molar-refractivity contribution in [2.24, 2.45) is 5.92 Å². The molecule has 1 aliphatic heterocycles. The number of anilines is 2. The number of nitrogens with two attached hydrogens (primary N) is 1. The average molecular weight is 294 g/mol. The van der Waals surface area contributed by atoms with Gasteiger partial charge in [0.05, 0.1) is 0 Å². The lowest BCUT2D eigenvalue weighted by Gasteiger charge is -2.17. The van der Waals surface area contributed by atoms with Crippen LogP contribution in [0, 0.1) is 5.92 Å². The topological polar surface area (TPSA) is 71.2 Å². The molecule has 1 saturated heterocycles. The minimum atomic E-state index is -0.0484. The lowest BCUT2D eigenvalue weighted by Crippen LogP contribution is -2.28. The molecule has 5 nitrogen and oxygen atoms in total. The van der Waals surface area contributed by atoms with Gasteiger partial charge in [0.1, 0.15) is 10.6 Å². The summed E-state index contributed by atoms with van der Waals surface area (Å²) in [7, 11) is 0. The van der Waals surface area contributed by atoms with E-state index in [-0.39, 0.29) is 5.91 Å². The van der Waals surface area contributed by atoms with Crippen LogP contribution in [0.4, 0.5) is 10.8 Å². The van der Waals surface area contributed by atoms with Crippen LogP contribution in [-0.2, 0) is 0 Å². The number of nitrogens with one attached hydrogen (secondary N) is 1. The maximum atomic E-state index is 12.3. The van der Waals surface area contributed by atoms with Gasteiger partial charge in [-0.05, 0) is 43.1 Å². The Bertz CT molecular complexity index is 497. The van der Waals surface area contributed by atoms with E-state index in [4.69, 9.17) is 5.73 Å². The van der Waals surface area contributed by atoms with Crippen LogP contribution in [0.1, 0.15) is 49.4 Å². The average Bonchev–Trinajstić information content (AvgIpc) is 2.96. The van der Waals surface area contributed by atoms with Crippen LogP contribution in [0.15, 0.2) is 0 Å². The van der Waals surface area contributed by atoms with Gasteiger partial charge in [-0.25, -0.2) is 0 Å². The summed E-state index contributed by atoms with van der Waals surface area (Å²) in [6.07, 6.45) is 5.85. The zero-order chi connectivity index (χ0) is 14.1. The fourth-order valence-corrected chi connectivity index (χ4v) is 3.71. The van der Waals surface area contributed by atoms with E-state index in [2.05, 4.69) is 21.5 Å². The van der Waals surface area contributed by atoms with E-state index in [1.807, 2.05) is 0 Å². The first-order valence-electron chi connectivity index (χ1n) is 7.50. The molecule has 20 heavy (non-hydrogen) atoms. The van der Waals surface area contributed by atoms with Gasteiger partial charge in [0.25, 0.3) is 5.91 Å². The molecule has 3 N–H and O–H groups in total. The maximum Gasteiger partial charge on any atom is 0.258 e. The van der Waals surface area contributed by atoms with E-state index in [0.717, 1.165) is 36.9 Å². The van der Waals surface area contributed by atoms with Gasteiger partial charge in [-0.1, -0.05) is 13.3 Å². The van der Waals surface area contributed by atoms with Gasteiger partial charge in [-0.2, -0.15) is 4.37 Å². The van der Waals surface area contributed by atoms with Crippen LogP contribution >= 0.6 is 11.5 Å². The molecule has 1 aliphatic carbocycles. The van der Waals surface area contributed by atoms with Crippen molar-refractivity contribution in [3.8, 4) is 0 Å². The Hall–Kier alpha value is -1.30. The Morgan fingerprint density at radius 2 is 2.30 bits per heavy atom. The molecular formula is C14H22N4OS. The largest absolute Gasteiger partial charge is 0.382 e. The van der Waals surface area contributed by atoms with Gasteiger partial charge in [-0.3, -0.25) is 4.79 Å². The maximum absolute atomic E-state index is 12.3. The molecule has 1 atom stereocenters. The highest BCUT2D eigenvalue weighted by Crippen LogP contribution is 2.35. The van der Waals surface area contributed by atoms with Crippen LogP contribution in [0.25, 0.3) is 0 Å². The molecule has 2 heterocycles. The summed E-state index contributed by atoms with van der Waals surface area (Å²) in [5, 5.41) is 3.98. The van der Waals surface area contributed by atoms with Crippen LogP contribution in [0.5, 0.6) is 0 Å². The molecular weight excluding hydrogens is 272 g/mol. The molecule has 0 aromatic carbocycles. The van der Waals surface area contributed by atoms with E-state index in [9.17, 15) is 4.79 Å². The first-order chi connectivity index (χ1) is 9.69. The van der Waals surface area contributed by atoms with Crippen molar-refractivity contribution in [3.63, 3.8) is 0 Å². The number of hydrogen-bond acceptors (Lipinski definition) is 5. The van der Waals surface area contributed by atoms with Crippen molar-refractivity contribution in [1.82, 2.24) is 9.69 Å². The monoisotopic (exact) mass is 294 g/mol. The van der Waals surface area contributed by atoms with E-state index in [1.165, 1.54) is 30.8 Å². The first kappa shape index (κ1) is 13.7. The number of rotatable bonds is 5. The van der Waals surface area contributed by atoms with Crippen molar-refractivity contribution < 1.29 is 4.79 Å². The molecule has 0 radical (unpaired) electrons. The Kier molecular flexibility index (Phi) is 3.83. The number of nitrogen functional groups attached to an aromatic ring is 1. The summed E-state index contributed by atoms with van der Waals surface area (Å²) in [6.45, 7) is 4.26. The highest BCUT2D eigenvalue weighted by Gasteiger charge is 2.31. The smallest absolute Gasteiger partial charge is 0.258 e. The third-order valence-corrected chi connectivity index (χ3v) is 5.03. The molecule has 0 bridgehead atoms. The Balaban J connectivity index is 1.74. The third-order valence-electron chi connectivity index (χ3n) is 4.11. The highest BCUT2D eigenvalue weighted by atomic mass is 32.1. The van der Waals surface area contributed by atoms with Gasteiger partial charge >= 0.3 is 0 Å². The molecule has 1 unspecified atom stereocenters. The molecule has 110 valence electrons. The van der Waals surface area contributed by atoms with E-state index < -0.39 is 0 Å². The van der Waals surface area contributed by atoms with Crippen molar-refractivity contribution in [1.29, 1.82) is 0 Å². The second-order valence-electron chi connectivity index (χ2n) is 5.89. The standard InChI is InChI=1S/C14H22N4OS/c1-2-3-9-6-7-18(8-9)14-11(12(15)17-20-14)13(19)16-10-4-5-10/h9-10H,2-8H2,1H3,(H2,15,17)(H,16,19). The SMILES string of the molecule is CCCC1CCN(c2snc(N)c2C(=O)NC2CC2)C1. The van der Waals surface area contributed by atoms with Crippen molar-refractivity contribution in [2.75, 3.05) is 23.7 Å². The molecule has 3 rings (SSSR count). The number of amides is 1. The molecule has 1 aromatic rings. The lowest BCUT2D eigenvalue weighted by molar-refractivity contribution is 0.0952. The molecule has 1 amide bonds. The fraction of sp³-hybridized carbons (Fsp3) is 0.714. The summed E-state index contributed by atoms with van der Waals surface area (Å²) in [5.41, 5.74) is 6.51. The molecule has 0 spiro atoms. The fourth-order valence-electron chi connectivity index (χ4n) is 2.87. The summed E-state index contributed by atoms with van der Waals surface area (Å²) in [6, 6.07) is 0.348. The Morgan fingerprint density at radius 3 is 3.00 bits per heavy atom. The third kappa shape index (κ3) is 2.75. The molecule has 2 fully saturated rings. The van der Waals surface area contributed by atoms with Crippen LogP contribution < -0.4 is 16.0 Å². The molecule has 1 aromatic heterocycles. The second-order valence-corrected chi connectivity index (χ2v) is 6.64. The van der Waals surface area contributed by atoms with E-state index in [0.29, 0.717) is 17.4 Å². The predicted octanol–water partition coefficient (Wildman–Crippen LogP) is 2.24. The number of carbonyl (C=O) groups excluding carboxylic acids is 1. The van der Waals surface area contributed by atoms with Crippen molar-refractivity contribution >= 4 is 28.3 Å². The zero-order valence-electron chi connectivity index (χ0n) is 11.9. The molecule has 6 heteroatoms. The summed E-state index contributed by atoms with van der Waals surface area (Å²) in [4.78, 5) is 14.6. The van der Waals surface area contributed by atoms with Gasteiger partial charge < -0.3 is 16.0 Å². The highest BCUT2D eigenvalue weighted by molar-refractivity contribution is 7.11. The number of hydrogen-bond donors (Lipinski definition) is 2. The van der Waals surface area contributed by atoms with E-state index >= 15 is 0 Å². The molecule has 2 aliphatic rings. The number of nitrogens with zero attached hydrogens (tertiary/aromatic N) is 2. The second kappa shape index (κ2) is 5.60. The molecule has 1 saturated carbocycles. The van der Waals surface area contributed by atoms with Crippen LogP contribution in [-0.4, -0.2) is 29.4 Å². The van der Waals surface area contributed by atoms with Gasteiger partial charge in [0.2, 0.25) is 0 Å². The quantitative estimate of drug-likeness (QED) is 0.873. The van der Waals surface area contributed by atoms with Gasteiger partial charge in [0, 0.05) is 19.1 Å². The first-order valence-corrected chi connectivity index (χ1v) is 8.27. The van der Waals surface area contributed by atoms with Crippen LogP contribution in [0.2, 0.25) is 0 Å². The van der Waals surface area contributed by atoms with Gasteiger partial charge in [0.15, 0.2) is 5.82 Å². The Morgan fingerprint density at radius 1 is 1.50 bits per heavy atom. The van der Waals surface area contributed by atoms with E-state index in [1.54, 1.807) is 0 Å². The minimum Gasteiger partial charge on any atom is -0.382 e.